The van der Waals surface area contributed by atoms with Gasteiger partial charge in [-0.1, -0.05) is 29.4 Å². The molecule has 2 amide bonds. The monoisotopic (exact) mass is 408 g/mol. The van der Waals surface area contributed by atoms with Gasteiger partial charge in [0.15, 0.2) is 5.16 Å². The van der Waals surface area contributed by atoms with Crippen LogP contribution < -0.4 is 15.5 Å². The highest BCUT2D eigenvalue weighted by Crippen LogP contribution is 2.29. The van der Waals surface area contributed by atoms with E-state index in [1.807, 2.05) is 28.8 Å². The number of amides is 2. The maximum absolute atomic E-state index is 12.0. The van der Waals surface area contributed by atoms with Gasteiger partial charge in [-0.3, -0.25) is 14.2 Å². The molecule has 0 aliphatic carbocycles. The molecular formula is C17H21ClN6O2S. The third-order valence-corrected chi connectivity index (χ3v) is 5.29. The first-order valence-corrected chi connectivity index (χ1v) is 10.0. The predicted molar refractivity (Wildman–Crippen MR) is 106 cm³/mol. The molecule has 0 unspecified atom stereocenters. The topological polar surface area (TPSA) is 92.2 Å². The van der Waals surface area contributed by atoms with E-state index in [1.165, 1.54) is 18.8 Å². The van der Waals surface area contributed by atoms with Gasteiger partial charge in [0.1, 0.15) is 0 Å². The Morgan fingerprint density at radius 3 is 2.70 bits per heavy atom. The number of nitrogens with one attached hydrogen (secondary N) is 2. The summed E-state index contributed by atoms with van der Waals surface area (Å²) in [6.45, 7) is 1.81. The van der Waals surface area contributed by atoms with Gasteiger partial charge in [0.2, 0.25) is 17.8 Å². The van der Waals surface area contributed by atoms with E-state index in [0.717, 1.165) is 37.6 Å². The molecule has 1 aromatic heterocycles. The van der Waals surface area contributed by atoms with E-state index < -0.39 is 0 Å². The summed E-state index contributed by atoms with van der Waals surface area (Å²) in [4.78, 5) is 25.4. The number of anilines is 1. The molecule has 1 saturated heterocycles. The molecular weight excluding hydrogens is 388 g/mol. The smallest absolute Gasteiger partial charge is 0.239 e. The minimum Gasteiger partial charge on any atom is -0.358 e. The number of likely N-dealkylation sites (N-methyl/N-ethyl adjacent to an activating group) is 1. The van der Waals surface area contributed by atoms with E-state index in [0.29, 0.717) is 10.2 Å². The van der Waals surface area contributed by atoms with Gasteiger partial charge in [0.05, 0.1) is 18.0 Å². The van der Waals surface area contributed by atoms with E-state index in [2.05, 4.69) is 25.7 Å². The van der Waals surface area contributed by atoms with Crippen molar-refractivity contribution in [2.24, 2.45) is 0 Å². The van der Waals surface area contributed by atoms with Crippen LogP contribution in [0.4, 0.5) is 5.95 Å². The van der Waals surface area contributed by atoms with Crippen LogP contribution in [0.1, 0.15) is 12.8 Å². The number of rotatable bonds is 7. The van der Waals surface area contributed by atoms with Gasteiger partial charge in [-0.05, 0) is 31.0 Å². The Bertz CT molecular complexity index is 822. The molecule has 0 saturated carbocycles. The fourth-order valence-electron chi connectivity index (χ4n) is 2.77. The lowest BCUT2D eigenvalue weighted by atomic mass is 10.3. The van der Waals surface area contributed by atoms with Crippen LogP contribution in [0.15, 0.2) is 29.4 Å². The molecule has 8 nitrogen and oxygen atoms in total. The Labute approximate surface area is 166 Å². The summed E-state index contributed by atoms with van der Waals surface area (Å²) < 4.78 is 1.92. The maximum Gasteiger partial charge on any atom is 0.239 e. The number of thioether (sulfide) groups is 1. The number of nitrogens with zero attached hydrogens (tertiary/aromatic N) is 4. The lowest BCUT2D eigenvalue weighted by Crippen LogP contribution is -2.36. The fraction of sp³-hybridized carbons (Fsp3) is 0.412. The van der Waals surface area contributed by atoms with Crippen molar-refractivity contribution in [3.63, 3.8) is 0 Å². The SMILES string of the molecule is CNC(=O)CNC(=O)CSc1nnc(N2CCCC2)n1-c1cccc(Cl)c1. The van der Waals surface area contributed by atoms with Crippen LogP contribution >= 0.6 is 23.4 Å². The minimum absolute atomic E-state index is 0.0457. The van der Waals surface area contributed by atoms with Gasteiger partial charge in [-0.25, -0.2) is 0 Å². The summed E-state index contributed by atoms with van der Waals surface area (Å²) in [5.74, 6) is 0.400. The number of hydrogen-bond donors (Lipinski definition) is 2. The molecule has 1 aromatic carbocycles. The van der Waals surface area contributed by atoms with Crippen molar-refractivity contribution >= 4 is 41.1 Å². The quantitative estimate of drug-likeness (QED) is 0.674. The Hall–Kier alpha value is -2.26. The van der Waals surface area contributed by atoms with Crippen LogP contribution in [-0.2, 0) is 9.59 Å². The zero-order valence-electron chi connectivity index (χ0n) is 14.9. The Balaban J connectivity index is 1.78. The van der Waals surface area contributed by atoms with Gasteiger partial charge >= 0.3 is 0 Å². The van der Waals surface area contributed by atoms with Crippen LogP contribution in [0.25, 0.3) is 5.69 Å². The van der Waals surface area contributed by atoms with Crippen molar-refractivity contribution in [1.29, 1.82) is 0 Å². The summed E-state index contributed by atoms with van der Waals surface area (Å²) >= 11 is 7.43. The Morgan fingerprint density at radius 1 is 1.22 bits per heavy atom. The van der Waals surface area contributed by atoms with Crippen molar-refractivity contribution in [3.8, 4) is 5.69 Å². The van der Waals surface area contributed by atoms with Crippen LogP contribution in [0, 0.1) is 0 Å². The van der Waals surface area contributed by atoms with E-state index in [-0.39, 0.29) is 24.1 Å². The Kier molecular flexibility index (Phi) is 6.57. The molecule has 0 atom stereocenters. The van der Waals surface area contributed by atoms with Gasteiger partial charge < -0.3 is 15.5 Å². The lowest BCUT2D eigenvalue weighted by molar-refractivity contribution is -0.124. The zero-order chi connectivity index (χ0) is 19.2. The van der Waals surface area contributed by atoms with Crippen molar-refractivity contribution in [3.05, 3.63) is 29.3 Å². The van der Waals surface area contributed by atoms with Crippen LogP contribution in [-0.4, -0.2) is 59.0 Å². The molecule has 0 bridgehead atoms. The minimum atomic E-state index is -0.244. The van der Waals surface area contributed by atoms with Gasteiger partial charge in [-0.15, -0.1) is 10.2 Å². The molecule has 0 radical (unpaired) electrons. The second kappa shape index (κ2) is 9.09. The normalized spacial score (nSPS) is 13.6. The number of benzene rings is 1. The summed E-state index contributed by atoms with van der Waals surface area (Å²) in [5, 5.41) is 14.9. The molecule has 1 aliphatic heterocycles. The summed E-state index contributed by atoms with van der Waals surface area (Å²) in [5.41, 5.74) is 0.850. The highest BCUT2D eigenvalue weighted by molar-refractivity contribution is 7.99. The molecule has 0 spiro atoms. The average molecular weight is 409 g/mol. The average Bonchev–Trinajstić information content (AvgIpc) is 3.33. The maximum atomic E-state index is 12.0. The van der Waals surface area contributed by atoms with Gasteiger partial charge in [-0.2, -0.15) is 0 Å². The van der Waals surface area contributed by atoms with E-state index in [4.69, 9.17) is 11.6 Å². The highest BCUT2D eigenvalue weighted by Gasteiger charge is 2.23. The van der Waals surface area contributed by atoms with Gasteiger partial charge in [0.25, 0.3) is 0 Å². The standard InChI is InChI=1S/C17H21ClN6O2S/c1-19-14(25)10-20-15(26)11-27-17-22-21-16(23-7-2-3-8-23)24(17)13-6-4-5-12(18)9-13/h4-6,9H,2-3,7-8,10-11H2,1H3,(H,19,25)(H,20,26). The molecule has 10 heteroatoms. The first kappa shape index (κ1) is 19.5. The van der Waals surface area contributed by atoms with Crippen molar-refractivity contribution in [2.75, 3.05) is 37.3 Å². The first-order valence-electron chi connectivity index (χ1n) is 8.65. The summed E-state index contributed by atoms with van der Waals surface area (Å²) in [7, 11) is 1.52. The largest absolute Gasteiger partial charge is 0.358 e. The molecule has 3 rings (SSSR count). The second-order valence-corrected chi connectivity index (χ2v) is 7.41. The summed E-state index contributed by atoms with van der Waals surface area (Å²) in [6.07, 6.45) is 2.24. The van der Waals surface area contributed by atoms with E-state index >= 15 is 0 Å². The van der Waals surface area contributed by atoms with E-state index in [9.17, 15) is 9.59 Å². The third-order valence-electron chi connectivity index (χ3n) is 4.13. The molecule has 2 heterocycles. The first-order chi connectivity index (χ1) is 13.1. The number of carbonyl (C=O) groups excluding carboxylic acids is 2. The third kappa shape index (κ3) is 4.92. The van der Waals surface area contributed by atoms with Crippen molar-refractivity contribution in [1.82, 2.24) is 25.4 Å². The number of hydrogen-bond acceptors (Lipinski definition) is 6. The molecule has 27 heavy (non-hydrogen) atoms. The van der Waals surface area contributed by atoms with Crippen LogP contribution in [0.2, 0.25) is 5.02 Å². The second-order valence-electron chi connectivity index (χ2n) is 6.03. The van der Waals surface area contributed by atoms with Crippen LogP contribution in [0.3, 0.4) is 0 Å². The number of carbonyl (C=O) groups is 2. The van der Waals surface area contributed by atoms with E-state index in [1.54, 1.807) is 0 Å². The van der Waals surface area contributed by atoms with Gasteiger partial charge in [0, 0.05) is 25.2 Å². The van der Waals surface area contributed by atoms with Crippen molar-refractivity contribution < 1.29 is 9.59 Å². The number of aromatic nitrogens is 3. The Morgan fingerprint density at radius 2 is 2.00 bits per heavy atom. The zero-order valence-corrected chi connectivity index (χ0v) is 16.5. The molecule has 2 aromatic rings. The predicted octanol–water partition coefficient (Wildman–Crippen LogP) is 1.48. The fourth-order valence-corrected chi connectivity index (χ4v) is 3.73. The molecule has 1 fully saturated rings. The van der Waals surface area contributed by atoms with Crippen LogP contribution in [0.5, 0.6) is 0 Å². The molecule has 1 aliphatic rings. The van der Waals surface area contributed by atoms with Crippen molar-refractivity contribution in [2.45, 2.75) is 18.0 Å². The highest BCUT2D eigenvalue weighted by atomic mass is 35.5. The lowest BCUT2D eigenvalue weighted by Gasteiger charge is -2.18. The number of halogens is 1. The summed E-state index contributed by atoms with van der Waals surface area (Å²) in [6, 6.07) is 7.46. The molecule has 144 valence electrons. The molecule has 2 N–H and O–H groups in total.